The van der Waals surface area contributed by atoms with Gasteiger partial charge in [-0.05, 0) is 13.3 Å². The summed E-state index contributed by atoms with van der Waals surface area (Å²) in [6, 6.07) is -1.64. The lowest BCUT2D eigenvalue weighted by molar-refractivity contribution is -0.148. The van der Waals surface area contributed by atoms with Gasteiger partial charge in [-0.15, -0.1) is 0 Å². The number of hydrogen-bond acceptors (Lipinski definition) is 3. The Morgan fingerprint density at radius 1 is 1.29 bits per heavy atom. The fourth-order valence-electron chi connectivity index (χ4n) is 1.04. The molecule has 0 saturated carbocycles. The monoisotopic (exact) mass is 255 g/mol. The van der Waals surface area contributed by atoms with Crippen LogP contribution < -0.4 is 5.32 Å². The number of Topliss-reactive ketones (excluding diaryl/α,β-unsaturated/α-hetero) is 1. The van der Waals surface area contributed by atoms with Crippen molar-refractivity contribution < 1.29 is 32.7 Å². The van der Waals surface area contributed by atoms with Crippen molar-refractivity contribution in [2.45, 2.75) is 38.4 Å². The molecule has 2 N–H and O–H groups in total. The predicted molar refractivity (Wildman–Crippen MR) is 50.2 cm³/mol. The van der Waals surface area contributed by atoms with Crippen LogP contribution in [-0.2, 0) is 14.4 Å². The minimum Gasteiger partial charge on any atom is -0.480 e. The van der Waals surface area contributed by atoms with E-state index < -0.39 is 49.1 Å². The van der Waals surface area contributed by atoms with Gasteiger partial charge in [0.25, 0.3) is 0 Å². The zero-order valence-corrected chi connectivity index (χ0v) is 9.00. The summed E-state index contributed by atoms with van der Waals surface area (Å²) in [6.45, 7) is 1.12. The lowest BCUT2D eigenvalue weighted by Gasteiger charge is -2.15. The van der Waals surface area contributed by atoms with E-state index in [0.29, 0.717) is 0 Å². The summed E-state index contributed by atoms with van der Waals surface area (Å²) < 4.78 is 35.6. The summed E-state index contributed by atoms with van der Waals surface area (Å²) in [5.41, 5.74) is 0. The minimum atomic E-state index is -4.49. The second kappa shape index (κ2) is 6.21. The van der Waals surface area contributed by atoms with Crippen LogP contribution in [-0.4, -0.2) is 35.0 Å². The van der Waals surface area contributed by atoms with E-state index in [1.165, 1.54) is 0 Å². The number of carboxylic acids is 1. The number of nitrogens with one attached hydrogen (secondary N) is 1. The van der Waals surface area contributed by atoms with Crippen molar-refractivity contribution in [1.29, 1.82) is 0 Å². The summed E-state index contributed by atoms with van der Waals surface area (Å²) in [4.78, 5) is 32.1. The highest BCUT2D eigenvalue weighted by molar-refractivity contribution is 5.98. The van der Waals surface area contributed by atoms with E-state index in [1.54, 1.807) is 0 Å². The molecular formula is C9H12F3NO4. The first-order chi connectivity index (χ1) is 7.61. The van der Waals surface area contributed by atoms with E-state index in [0.717, 1.165) is 6.92 Å². The van der Waals surface area contributed by atoms with Gasteiger partial charge in [0, 0.05) is 6.42 Å². The third-order valence-corrected chi connectivity index (χ3v) is 1.76. The van der Waals surface area contributed by atoms with Gasteiger partial charge in [0.2, 0.25) is 5.91 Å². The minimum absolute atomic E-state index is 0.498. The van der Waals surface area contributed by atoms with Crippen LogP contribution in [0.15, 0.2) is 0 Å². The standard InChI is InChI=1S/C9H12F3NO4/c1-5(14)4-7(15)13-6(8(16)17)2-3-9(10,11)12/h6H,2-4H2,1H3,(H,13,15)(H,16,17). The van der Waals surface area contributed by atoms with Crippen LogP contribution in [0.1, 0.15) is 26.2 Å². The molecule has 0 rings (SSSR count). The summed E-state index contributed by atoms with van der Waals surface area (Å²) in [5, 5.41) is 10.4. The molecule has 1 atom stereocenters. The predicted octanol–water partition coefficient (Wildman–Crippen LogP) is 0.877. The molecule has 0 bridgehead atoms. The SMILES string of the molecule is CC(=O)CC(=O)NC(CCC(F)(F)F)C(=O)O. The third-order valence-electron chi connectivity index (χ3n) is 1.76. The number of amides is 1. The smallest absolute Gasteiger partial charge is 0.389 e. The largest absolute Gasteiger partial charge is 0.480 e. The summed E-state index contributed by atoms with van der Waals surface area (Å²) >= 11 is 0. The van der Waals surface area contributed by atoms with Gasteiger partial charge in [0.1, 0.15) is 11.8 Å². The number of aliphatic carboxylic acids is 1. The molecule has 98 valence electrons. The number of hydrogen-bond donors (Lipinski definition) is 2. The van der Waals surface area contributed by atoms with E-state index in [2.05, 4.69) is 0 Å². The van der Waals surface area contributed by atoms with Gasteiger partial charge in [-0.2, -0.15) is 13.2 Å². The van der Waals surface area contributed by atoms with Crippen LogP contribution in [0.2, 0.25) is 0 Å². The number of carboxylic acid groups (broad SMARTS) is 1. The van der Waals surface area contributed by atoms with Crippen LogP contribution in [0.5, 0.6) is 0 Å². The van der Waals surface area contributed by atoms with E-state index in [1.807, 2.05) is 5.32 Å². The number of alkyl halides is 3. The maximum absolute atomic E-state index is 11.9. The highest BCUT2D eigenvalue weighted by Crippen LogP contribution is 2.22. The van der Waals surface area contributed by atoms with Gasteiger partial charge in [-0.25, -0.2) is 4.79 Å². The normalized spacial score (nSPS) is 12.9. The maximum Gasteiger partial charge on any atom is 0.389 e. The summed E-state index contributed by atoms with van der Waals surface area (Å²) in [5.74, 6) is -2.96. The maximum atomic E-state index is 11.9. The molecule has 0 fully saturated rings. The first-order valence-electron chi connectivity index (χ1n) is 4.70. The Kier molecular flexibility index (Phi) is 5.63. The van der Waals surface area contributed by atoms with E-state index in [-0.39, 0.29) is 0 Å². The second-order valence-corrected chi connectivity index (χ2v) is 3.49. The first-order valence-corrected chi connectivity index (χ1v) is 4.70. The molecule has 0 aromatic heterocycles. The summed E-state index contributed by atoms with van der Waals surface area (Å²) in [6.07, 6.45) is -7.11. The van der Waals surface area contributed by atoms with Crippen molar-refractivity contribution in [3.05, 3.63) is 0 Å². The molecule has 0 radical (unpaired) electrons. The van der Waals surface area contributed by atoms with Gasteiger partial charge in [-0.3, -0.25) is 9.59 Å². The molecule has 0 aromatic rings. The van der Waals surface area contributed by atoms with Crippen LogP contribution in [0.4, 0.5) is 13.2 Å². The Balaban J connectivity index is 4.30. The van der Waals surface area contributed by atoms with Crippen molar-refractivity contribution in [2.75, 3.05) is 0 Å². The van der Waals surface area contributed by atoms with E-state index in [9.17, 15) is 27.6 Å². The zero-order chi connectivity index (χ0) is 13.6. The Morgan fingerprint density at radius 2 is 1.82 bits per heavy atom. The number of ketones is 1. The Labute approximate surface area is 95.0 Å². The molecule has 0 spiro atoms. The van der Waals surface area contributed by atoms with E-state index in [4.69, 9.17) is 5.11 Å². The molecule has 0 aliphatic heterocycles. The highest BCUT2D eigenvalue weighted by Gasteiger charge is 2.31. The fraction of sp³-hybridized carbons (Fsp3) is 0.667. The van der Waals surface area contributed by atoms with Crippen molar-refractivity contribution in [3.63, 3.8) is 0 Å². The van der Waals surface area contributed by atoms with Crippen molar-refractivity contribution in [2.24, 2.45) is 0 Å². The molecule has 5 nitrogen and oxygen atoms in total. The quantitative estimate of drug-likeness (QED) is 0.690. The van der Waals surface area contributed by atoms with Gasteiger partial charge >= 0.3 is 12.1 Å². The van der Waals surface area contributed by atoms with Gasteiger partial charge in [-0.1, -0.05) is 0 Å². The first kappa shape index (κ1) is 15.4. The molecule has 0 saturated heterocycles. The second-order valence-electron chi connectivity index (χ2n) is 3.49. The van der Waals surface area contributed by atoms with Crippen LogP contribution >= 0.6 is 0 Å². The van der Waals surface area contributed by atoms with Crippen molar-refractivity contribution >= 4 is 17.7 Å². The summed E-state index contributed by atoms with van der Waals surface area (Å²) in [7, 11) is 0. The van der Waals surface area contributed by atoms with Crippen LogP contribution in [0.25, 0.3) is 0 Å². The Morgan fingerprint density at radius 3 is 2.18 bits per heavy atom. The average Bonchev–Trinajstić information content (AvgIpc) is 2.08. The molecule has 17 heavy (non-hydrogen) atoms. The molecule has 0 aliphatic rings. The van der Waals surface area contributed by atoms with Gasteiger partial charge in [0.05, 0.1) is 6.42 Å². The average molecular weight is 255 g/mol. The van der Waals surface area contributed by atoms with Crippen LogP contribution in [0, 0.1) is 0 Å². The molecule has 0 aliphatic carbocycles. The Bertz CT molecular complexity index is 314. The highest BCUT2D eigenvalue weighted by atomic mass is 19.4. The molecule has 0 heterocycles. The molecule has 0 aromatic carbocycles. The molecule has 8 heteroatoms. The zero-order valence-electron chi connectivity index (χ0n) is 9.00. The van der Waals surface area contributed by atoms with Crippen LogP contribution in [0.3, 0.4) is 0 Å². The van der Waals surface area contributed by atoms with Gasteiger partial charge < -0.3 is 10.4 Å². The number of rotatable bonds is 6. The van der Waals surface area contributed by atoms with E-state index >= 15 is 0 Å². The number of carbonyl (C=O) groups is 3. The molecule has 1 amide bonds. The van der Waals surface area contributed by atoms with Gasteiger partial charge in [0.15, 0.2) is 0 Å². The lowest BCUT2D eigenvalue weighted by atomic mass is 10.1. The fourth-order valence-corrected chi connectivity index (χ4v) is 1.04. The van der Waals surface area contributed by atoms with Crippen molar-refractivity contribution in [1.82, 2.24) is 5.32 Å². The lowest BCUT2D eigenvalue weighted by Crippen LogP contribution is -2.41. The topological polar surface area (TPSA) is 83.5 Å². The van der Waals surface area contributed by atoms with Crippen molar-refractivity contribution in [3.8, 4) is 0 Å². The Hall–Kier alpha value is -1.60. The number of halogens is 3. The third kappa shape index (κ3) is 8.23. The molecule has 1 unspecified atom stereocenters. The number of carbonyl (C=O) groups excluding carboxylic acids is 2. The molecular weight excluding hydrogens is 243 g/mol.